The SMILES string of the molecule is Cc1cc2ccccc2nc1NNC(=O)c1cccc(NN2C(=O)C3CC=CCC3C2=O)c1. The van der Waals surface area contributed by atoms with Gasteiger partial charge in [-0.2, -0.15) is 5.01 Å². The van der Waals surface area contributed by atoms with E-state index in [0.29, 0.717) is 29.9 Å². The highest BCUT2D eigenvalue weighted by atomic mass is 16.2. The van der Waals surface area contributed by atoms with Crippen molar-refractivity contribution < 1.29 is 14.4 Å². The van der Waals surface area contributed by atoms with Gasteiger partial charge in [0.05, 0.1) is 23.0 Å². The lowest BCUT2D eigenvalue weighted by Crippen LogP contribution is -2.36. The molecule has 1 saturated heterocycles. The topological polar surface area (TPSA) is 103 Å². The van der Waals surface area contributed by atoms with Crippen molar-refractivity contribution >= 4 is 40.1 Å². The third kappa shape index (κ3) is 3.91. The summed E-state index contributed by atoms with van der Waals surface area (Å²) in [6.45, 7) is 1.91. The average molecular weight is 441 g/mol. The van der Waals surface area contributed by atoms with Crippen LogP contribution < -0.4 is 16.3 Å². The molecular weight excluding hydrogens is 418 g/mol. The van der Waals surface area contributed by atoms with Crippen LogP contribution in [0.2, 0.25) is 0 Å². The number of aromatic nitrogens is 1. The van der Waals surface area contributed by atoms with Gasteiger partial charge in [-0.3, -0.25) is 30.7 Å². The van der Waals surface area contributed by atoms with Gasteiger partial charge in [-0.25, -0.2) is 4.98 Å². The summed E-state index contributed by atoms with van der Waals surface area (Å²) in [4.78, 5) is 42.6. The molecule has 1 aliphatic heterocycles. The summed E-state index contributed by atoms with van der Waals surface area (Å²) in [5.74, 6) is -0.912. The van der Waals surface area contributed by atoms with Crippen LogP contribution in [0.4, 0.5) is 11.5 Å². The molecule has 2 aliphatic rings. The predicted octanol–water partition coefficient (Wildman–Crippen LogP) is 3.58. The molecule has 2 aromatic carbocycles. The maximum Gasteiger partial charge on any atom is 0.269 e. The Morgan fingerprint density at radius 2 is 1.70 bits per heavy atom. The average Bonchev–Trinajstić information content (AvgIpc) is 3.07. The molecule has 0 saturated carbocycles. The molecule has 8 nitrogen and oxygen atoms in total. The number of pyridine rings is 1. The molecule has 1 fully saturated rings. The van der Waals surface area contributed by atoms with E-state index in [0.717, 1.165) is 21.5 Å². The molecule has 3 N–H and O–H groups in total. The predicted molar refractivity (Wildman–Crippen MR) is 125 cm³/mol. The molecule has 33 heavy (non-hydrogen) atoms. The summed E-state index contributed by atoms with van der Waals surface area (Å²) in [5, 5.41) is 2.10. The maximum atomic E-state index is 12.7. The fraction of sp³-hybridized carbons (Fsp3) is 0.200. The number of nitrogens with zero attached hydrogens (tertiary/aromatic N) is 2. The van der Waals surface area contributed by atoms with Gasteiger partial charge in [0, 0.05) is 10.9 Å². The molecule has 8 heteroatoms. The highest BCUT2D eigenvalue weighted by molar-refractivity contribution is 6.06. The van der Waals surface area contributed by atoms with E-state index < -0.39 is 0 Å². The summed E-state index contributed by atoms with van der Waals surface area (Å²) in [5.41, 5.74) is 11.0. The number of benzene rings is 2. The Bertz CT molecular complexity index is 1280. The molecule has 0 bridgehead atoms. The number of anilines is 2. The zero-order valence-electron chi connectivity index (χ0n) is 18.0. The van der Waals surface area contributed by atoms with Gasteiger partial charge in [0.2, 0.25) is 0 Å². The molecule has 5 rings (SSSR count). The van der Waals surface area contributed by atoms with E-state index in [4.69, 9.17) is 0 Å². The number of rotatable bonds is 5. The van der Waals surface area contributed by atoms with Crippen molar-refractivity contribution in [3.05, 3.63) is 77.9 Å². The monoisotopic (exact) mass is 441 g/mol. The molecule has 166 valence electrons. The fourth-order valence-electron chi connectivity index (χ4n) is 4.31. The van der Waals surface area contributed by atoms with Crippen molar-refractivity contribution in [1.29, 1.82) is 0 Å². The van der Waals surface area contributed by atoms with Gasteiger partial charge in [0.15, 0.2) is 0 Å². The minimum absolute atomic E-state index is 0.233. The van der Waals surface area contributed by atoms with Crippen molar-refractivity contribution in [3.63, 3.8) is 0 Å². The summed E-state index contributed by atoms with van der Waals surface area (Å²) in [7, 11) is 0. The van der Waals surface area contributed by atoms with Crippen molar-refractivity contribution in [2.75, 3.05) is 10.9 Å². The van der Waals surface area contributed by atoms with Crippen molar-refractivity contribution in [2.24, 2.45) is 11.8 Å². The number of aryl methyl sites for hydroxylation is 1. The Morgan fingerprint density at radius 1 is 0.970 bits per heavy atom. The molecule has 2 unspecified atom stereocenters. The molecule has 2 atom stereocenters. The number of amides is 3. The van der Waals surface area contributed by atoms with E-state index in [1.54, 1.807) is 24.3 Å². The lowest BCUT2D eigenvalue weighted by molar-refractivity contribution is -0.138. The molecule has 1 aliphatic carbocycles. The molecule has 3 aromatic rings. The first kappa shape index (κ1) is 20.7. The Morgan fingerprint density at radius 3 is 2.45 bits per heavy atom. The van der Waals surface area contributed by atoms with Crippen LogP contribution in [0.25, 0.3) is 10.9 Å². The standard InChI is InChI=1S/C25H23N5O3/c1-15-13-16-7-2-5-12-21(16)26-22(15)27-28-23(31)17-8-6-9-18(14-17)29-30-24(32)19-10-3-4-11-20(19)25(30)33/h2-9,12-14,19-20,29H,10-11H2,1H3,(H,26,27)(H,28,31). The van der Waals surface area contributed by atoms with E-state index in [-0.39, 0.29) is 29.6 Å². The van der Waals surface area contributed by atoms with Crippen LogP contribution in [0.5, 0.6) is 0 Å². The minimum Gasteiger partial charge on any atom is -0.289 e. The molecular formula is C25H23N5O3. The number of imide groups is 1. The number of nitrogens with one attached hydrogen (secondary N) is 3. The molecule has 2 heterocycles. The van der Waals surface area contributed by atoms with Crippen molar-refractivity contribution in [3.8, 4) is 0 Å². The summed E-state index contributed by atoms with van der Waals surface area (Å²) < 4.78 is 0. The third-order valence-electron chi connectivity index (χ3n) is 6.08. The second-order valence-corrected chi connectivity index (χ2v) is 8.29. The van der Waals surface area contributed by atoms with Gasteiger partial charge in [0.25, 0.3) is 17.7 Å². The Hall–Kier alpha value is -4.20. The Kier molecular flexibility index (Phi) is 5.26. The second kappa shape index (κ2) is 8.38. The molecule has 0 radical (unpaired) electrons. The lowest BCUT2D eigenvalue weighted by atomic mass is 9.85. The number of carbonyl (C=O) groups excluding carboxylic acids is 3. The van der Waals surface area contributed by atoms with E-state index in [1.165, 1.54) is 0 Å². The van der Waals surface area contributed by atoms with Gasteiger partial charge >= 0.3 is 0 Å². The third-order valence-corrected chi connectivity index (χ3v) is 6.08. The van der Waals surface area contributed by atoms with Crippen LogP contribution in [-0.2, 0) is 9.59 Å². The largest absolute Gasteiger partial charge is 0.289 e. The molecule has 3 amide bonds. The van der Waals surface area contributed by atoms with E-state index in [9.17, 15) is 14.4 Å². The fourth-order valence-corrected chi connectivity index (χ4v) is 4.31. The van der Waals surface area contributed by atoms with Crippen LogP contribution >= 0.6 is 0 Å². The van der Waals surface area contributed by atoms with Crippen LogP contribution in [0.15, 0.2) is 66.7 Å². The van der Waals surface area contributed by atoms with Gasteiger partial charge in [0.1, 0.15) is 5.82 Å². The first-order valence-corrected chi connectivity index (χ1v) is 10.8. The number of fused-ring (bicyclic) bond motifs is 2. The summed E-state index contributed by atoms with van der Waals surface area (Å²) >= 11 is 0. The number of hydrogen-bond acceptors (Lipinski definition) is 6. The van der Waals surface area contributed by atoms with Crippen LogP contribution in [0.1, 0.15) is 28.8 Å². The smallest absolute Gasteiger partial charge is 0.269 e. The zero-order valence-corrected chi connectivity index (χ0v) is 18.0. The first-order valence-electron chi connectivity index (χ1n) is 10.8. The van der Waals surface area contributed by atoms with E-state index in [2.05, 4.69) is 21.3 Å². The highest BCUT2D eigenvalue weighted by Crippen LogP contribution is 2.35. The second-order valence-electron chi connectivity index (χ2n) is 8.29. The normalized spacial score (nSPS) is 19.5. The number of allylic oxidation sites excluding steroid dienone is 2. The molecule has 1 aromatic heterocycles. The lowest BCUT2D eigenvalue weighted by Gasteiger charge is -2.18. The number of hydrazine groups is 2. The zero-order chi connectivity index (χ0) is 22.9. The summed E-state index contributed by atoms with van der Waals surface area (Å²) in [6, 6.07) is 16.4. The number of hydrogen-bond donors (Lipinski definition) is 3. The first-order chi connectivity index (χ1) is 16.0. The van der Waals surface area contributed by atoms with Crippen LogP contribution in [-0.4, -0.2) is 27.7 Å². The number of para-hydroxylation sites is 1. The Balaban J connectivity index is 1.27. The van der Waals surface area contributed by atoms with Gasteiger partial charge in [-0.05, 0) is 55.7 Å². The highest BCUT2D eigenvalue weighted by Gasteiger charge is 2.47. The van der Waals surface area contributed by atoms with Gasteiger partial charge < -0.3 is 0 Å². The quantitative estimate of drug-likeness (QED) is 0.318. The summed E-state index contributed by atoms with van der Waals surface area (Å²) in [6.07, 6.45) is 5.04. The van der Waals surface area contributed by atoms with Gasteiger partial charge in [-0.1, -0.05) is 36.4 Å². The molecule has 0 spiro atoms. The van der Waals surface area contributed by atoms with Gasteiger partial charge in [-0.15, -0.1) is 0 Å². The minimum atomic E-state index is -0.370. The maximum absolute atomic E-state index is 12.7. The van der Waals surface area contributed by atoms with Crippen molar-refractivity contribution in [2.45, 2.75) is 19.8 Å². The van der Waals surface area contributed by atoms with Crippen molar-refractivity contribution in [1.82, 2.24) is 15.4 Å². The van der Waals surface area contributed by atoms with E-state index in [1.807, 2.05) is 49.4 Å². The van der Waals surface area contributed by atoms with E-state index >= 15 is 0 Å². The van der Waals surface area contributed by atoms with Crippen LogP contribution in [0.3, 0.4) is 0 Å². The van der Waals surface area contributed by atoms with Crippen LogP contribution in [0, 0.1) is 18.8 Å². The Labute approximate surface area is 190 Å². The number of carbonyl (C=O) groups is 3.